The SMILES string of the molecule is CCC1C(c2ccccc2)C(=O)CCN1C(N)=O. The number of rotatable bonds is 2. The van der Waals surface area contributed by atoms with Crippen LogP contribution < -0.4 is 5.73 Å². The van der Waals surface area contributed by atoms with E-state index >= 15 is 0 Å². The van der Waals surface area contributed by atoms with E-state index < -0.39 is 6.03 Å². The van der Waals surface area contributed by atoms with Crippen molar-refractivity contribution in [3.8, 4) is 0 Å². The molecule has 1 saturated heterocycles. The van der Waals surface area contributed by atoms with E-state index in [1.165, 1.54) is 0 Å². The summed E-state index contributed by atoms with van der Waals surface area (Å²) in [4.78, 5) is 25.2. The van der Waals surface area contributed by atoms with Crippen molar-refractivity contribution in [1.29, 1.82) is 0 Å². The lowest BCUT2D eigenvalue weighted by atomic mass is 9.81. The van der Waals surface area contributed by atoms with Gasteiger partial charge in [0.2, 0.25) is 0 Å². The van der Waals surface area contributed by atoms with Gasteiger partial charge in [0.1, 0.15) is 5.78 Å². The summed E-state index contributed by atoms with van der Waals surface area (Å²) in [5.41, 5.74) is 6.37. The lowest BCUT2D eigenvalue weighted by Gasteiger charge is -2.39. The van der Waals surface area contributed by atoms with Gasteiger partial charge in [0.15, 0.2) is 0 Å². The van der Waals surface area contributed by atoms with Gasteiger partial charge in [-0.2, -0.15) is 0 Å². The van der Waals surface area contributed by atoms with E-state index in [0.717, 1.165) is 12.0 Å². The lowest BCUT2D eigenvalue weighted by Crippen LogP contribution is -2.52. The highest BCUT2D eigenvalue weighted by Gasteiger charge is 2.38. The van der Waals surface area contributed by atoms with Crippen LogP contribution in [0.3, 0.4) is 0 Å². The third kappa shape index (κ3) is 2.23. The Hall–Kier alpha value is -1.84. The number of likely N-dealkylation sites (tertiary alicyclic amines) is 1. The summed E-state index contributed by atoms with van der Waals surface area (Å²) in [5, 5.41) is 0. The second-order valence-electron chi connectivity index (χ2n) is 4.61. The molecule has 4 nitrogen and oxygen atoms in total. The molecule has 0 radical (unpaired) electrons. The van der Waals surface area contributed by atoms with Crippen LogP contribution >= 0.6 is 0 Å². The Balaban J connectivity index is 2.35. The van der Waals surface area contributed by atoms with Crippen molar-refractivity contribution < 1.29 is 9.59 Å². The zero-order valence-electron chi connectivity index (χ0n) is 10.5. The van der Waals surface area contributed by atoms with Crippen LogP contribution in [0.15, 0.2) is 30.3 Å². The van der Waals surface area contributed by atoms with Crippen LogP contribution in [-0.2, 0) is 4.79 Å². The first kappa shape index (κ1) is 12.6. The van der Waals surface area contributed by atoms with Gasteiger partial charge in [0.05, 0.1) is 5.92 Å². The summed E-state index contributed by atoms with van der Waals surface area (Å²) in [6.45, 7) is 2.42. The highest BCUT2D eigenvalue weighted by molar-refractivity contribution is 5.89. The molecule has 0 saturated carbocycles. The third-order valence-corrected chi connectivity index (χ3v) is 3.59. The van der Waals surface area contributed by atoms with Crippen molar-refractivity contribution in [3.63, 3.8) is 0 Å². The number of carbonyl (C=O) groups excluding carboxylic acids is 2. The molecule has 1 heterocycles. The number of carbonyl (C=O) groups is 2. The van der Waals surface area contributed by atoms with Crippen LogP contribution in [0.4, 0.5) is 4.79 Å². The summed E-state index contributed by atoms with van der Waals surface area (Å²) >= 11 is 0. The zero-order valence-corrected chi connectivity index (χ0v) is 10.5. The summed E-state index contributed by atoms with van der Waals surface area (Å²) in [5.74, 6) is -0.0389. The van der Waals surface area contributed by atoms with Gasteiger partial charge in [-0.3, -0.25) is 4.79 Å². The Morgan fingerprint density at radius 3 is 2.61 bits per heavy atom. The van der Waals surface area contributed by atoms with Gasteiger partial charge in [-0.15, -0.1) is 0 Å². The summed E-state index contributed by atoms with van der Waals surface area (Å²) < 4.78 is 0. The van der Waals surface area contributed by atoms with Crippen LogP contribution in [0.5, 0.6) is 0 Å². The van der Waals surface area contributed by atoms with Crippen molar-refractivity contribution in [3.05, 3.63) is 35.9 Å². The van der Waals surface area contributed by atoms with E-state index in [9.17, 15) is 9.59 Å². The number of benzene rings is 1. The summed E-state index contributed by atoms with van der Waals surface area (Å²) in [6, 6.07) is 9.08. The molecule has 18 heavy (non-hydrogen) atoms. The normalized spacial score (nSPS) is 24.1. The van der Waals surface area contributed by atoms with Crippen LogP contribution in [0, 0.1) is 0 Å². The number of nitrogens with zero attached hydrogens (tertiary/aromatic N) is 1. The van der Waals surface area contributed by atoms with Gasteiger partial charge in [0, 0.05) is 19.0 Å². The molecule has 0 spiro atoms. The molecule has 0 bridgehead atoms. The van der Waals surface area contributed by atoms with E-state index in [0.29, 0.717) is 13.0 Å². The van der Waals surface area contributed by atoms with E-state index in [1.54, 1.807) is 4.90 Å². The molecule has 1 aliphatic heterocycles. The number of primary amides is 1. The minimum absolute atomic E-state index is 0.119. The van der Waals surface area contributed by atoms with Crippen molar-refractivity contribution in [2.45, 2.75) is 31.7 Å². The van der Waals surface area contributed by atoms with Crippen LogP contribution in [0.2, 0.25) is 0 Å². The average Bonchev–Trinajstić information content (AvgIpc) is 2.38. The zero-order chi connectivity index (χ0) is 13.1. The first-order valence-electron chi connectivity index (χ1n) is 6.29. The van der Waals surface area contributed by atoms with Crippen molar-refractivity contribution in [2.24, 2.45) is 5.73 Å². The molecule has 96 valence electrons. The number of ketones is 1. The molecule has 1 aromatic carbocycles. The number of piperidine rings is 1. The van der Waals surface area contributed by atoms with Gasteiger partial charge < -0.3 is 10.6 Å². The molecule has 2 atom stereocenters. The maximum absolute atomic E-state index is 12.2. The Kier molecular flexibility index (Phi) is 3.65. The minimum Gasteiger partial charge on any atom is -0.351 e. The first-order chi connectivity index (χ1) is 8.65. The lowest BCUT2D eigenvalue weighted by molar-refractivity contribution is -0.124. The number of hydrogen-bond acceptors (Lipinski definition) is 2. The van der Waals surface area contributed by atoms with Crippen molar-refractivity contribution in [1.82, 2.24) is 4.90 Å². The Labute approximate surface area is 107 Å². The molecule has 4 heteroatoms. The molecular formula is C14H18N2O2. The molecular weight excluding hydrogens is 228 g/mol. The predicted molar refractivity (Wildman–Crippen MR) is 69.2 cm³/mol. The van der Waals surface area contributed by atoms with Crippen LogP contribution in [-0.4, -0.2) is 29.3 Å². The first-order valence-corrected chi connectivity index (χ1v) is 6.29. The molecule has 2 unspecified atom stereocenters. The number of urea groups is 1. The molecule has 1 aromatic rings. The molecule has 1 fully saturated rings. The highest BCUT2D eigenvalue weighted by Crippen LogP contribution is 2.31. The van der Waals surface area contributed by atoms with Crippen molar-refractivity contribution in [2.75, 3.05) is 6.54 Å². The van der Waals surface area contributed by atoms with Gasteiger partial charge in [-0.25, -0.2) is 4.79 Å². The van der Waals surface area contributed by atoms with Gasteiger partial charge in [-0.1, -0.05) is 37.3 Å². The van der Waals surface area contributed by atoms with E-state index in [4.69, 9.17) is 5.73 Å². The quantitative estimate of drug-likeness (QED) is 0.866. The average molecular weight is 246 g/mol. The minimum atomic E-state index is -0.435. The standard InChI is InChI=1S/C14H18N2O2/c1-2-11-13(10-6-4-3-5-7-10)12(17)8-9-16(11)14(15)18/h3-7,11,13H,2,8-9H2,1H3,(H2,15,18). The molecule has 0 aromatic heterocycles. The molecule has 2 rings (SSSR count). The van der Waals surface area contributed by atoms with Gasteiger partial charge >= 0.3 is 6.03 Å². The van der Waals surface area contributed by atoms with Crippen LogP contribution in [0.25, 0.3) is 0 Å². The topological polar surface area (TPSA) is 63.4 Å². The maximum Gasteiger partial charge on any atom is 0.315 e. The third-order valence-electron chi connectivity index (χ3n) is 3.59. The second-order valence-corrected chi connectivity index (χ2v) is 4.61. The predicted octanol–water partition coefficient (Wildman–Crippen LogP) is 1.90. The summed E-state index contributed by atoms with van der Waals surface area (Å²) in [6.07, 6.45) is 1.12. The van der Waals surface area contributed by atoms with Gasteiger partial charge in [-0.05, 0) is 12.0 Å². The number of hydrogen-bond donors (Lipinski definition) is 1. The number of amides is 2. The smallest absolute Gasteiger partial charge is 0.315 e. The Morgan fingerprint density at radius 2 is 2.06 bits per heavy atom. The number of Topliss-reactive ketones (excluding diaryl/α,β-unsaturated/α-hetero) is 1. The van der Waals surface area contributed by atoms with Crippen LogP contribution in [0.1, 0.15) is 31.2 Å². The largest absolute Gasteiger partial charge is 0.351 e. The fourth-order valence-corrected chi connectivity index (χ4v) is 2.74. The van der Waals surface area contributed by atoms with E-state index in [-0.39, 0.29) is 17.7 Å². The van der Waals surface area contributed by atoms with Gasteiger partial charge in [0.25, 0.3) is 0 Å². The van der Waals surface area contributed by atoms with Crippen molar-refractivity contribution >= 4 is 11.8 Å². The molecule has 2 amide bonds. The maximum atomic E-state index is 12.2. The fraction of sp³-hybridized carbons (Fsp3) is 0.429. The monoisotopic (exact) mass is 246 g/mol. The summed E-state index contributed by atoms with van der Waals surface area (Å²) in [7, 11) is 0. The molecule has 1 aliphatic rings. The fourth-order valence-electron chi connectivity index (χ4n) is 2.74. The Morgan fingerprint density at radius 1 is 1.39 bits per heavy atom. The molecule has 2 N–H and O–H groups in total. The second kappa shape index (κ2) is 5.21. The van der Waals surface area contributed by atoms with E-state index in [2.05, 4.69) is 0 Å². The number of nitrogens with two attached hydrogens (primary N) is 1. The molecule has 0 aliphatic carbocycles. The van der Waals surface area contributed by atoms with E-state index in [1.807, 2.05) is 37.3 Å². The Bertz CT molecular complexity index is 444. The highest BCUT2D eigenvalue weighted by atomic mass is 16.2.